The second-order valence-electron chi connectivity index (χ2n) is 8.55. The van der Waals surface area contributed by atoms with Crippen LogP contribution in [0.1, 0.15) is 37.7 Å². The van der Waals surface area contributed by atoms with Gasteiger partial charge in [-0.2, -0.15) is 4.31 Å². The van der Waals surface area contributed by atoms with Gasteiger partial charge in [-0.15, -0.1) is 0 Å². The van der Waals surface area contributed by atoms with Crippen LogP contribution in [-0.2, 0) is 26.2 Å². The number of hydrogen-bond acceptors (Lipinski definition) is 4. The highest BCUT2D eigenvalue weighted by Crippen LogP contribution is 2.25. The van der Waals surface area contributed by atoms with Crippen LogP contribution >= 0.6 is 11.6 Å². The van der Waals surface area contributed by atoms with E-state index in [9.17, 15) is 18.0 Å². The molecule has 2 fully saturated rings. The van der Waals surface area contributed by atoms with Gasteiger partial charge >= 0.3 is 0 Å². The summed E-state index contributed by atoms with van der Waals surface area (Å²) in [5.41, 5.74) is 1.75. The average Bonchev–Trinajstić information content (AvgIpc) is 2.83. The minimum atomic E-state index is -3.68. The molecule has 2 aliphatic heterocycles. The Hall–Kier alpha value is -2.42. The van der Waals surface area contributed by atoms with Gasteiger partial charge in [-0.25, -0.2) is 8.42 Å². The summed E-state index contributed by atoms with van der Waals surface area (Å²) in [6.07, 6.45) is 3.75. The summed E-state index contributed by atoms with van der Waals surface area (Å²) >= 11 is 5.88. The van der Waals surface area contributed by atoms with E-state index in [0.29, 0.717) is 43.9 Å². The Kier molecular flexibility index (Phi) is 7.36. The molecule has 176 valence electrons. The van der Waals surface area contributed by atoms with Crippen LogP contribution in [0.5, 0.6) is 0 Å². The first kappa shape index (κ1) is 23.7. The molecule has 1 N–H and O–H groups in total. The van der Waals surface area contributed by atoms with Gasteiger partial charge in [-0.3, -0.25) is 9.59 Å². The summed E-state index contributed by atoms with van der Waals surface area (Å²) in [6.45, 7) is 1.59. The van der Waals surface area contributed by atoms with E-state index in [1.165, 1.54) is 16.4 Å². The Morgan fingerprint density at radius 1 is 1.06 bits per heavy atom. The summed E-state index contributed by atoms with van der Waals surface area (Å²) in [4.78, 5) is 27.0. The van der Waals surface area contributed by atoms with Crippen molar-refractivity contribution in [2.75, 3.05) is 24.5 Å². The molecule has 7 nitrogen and oxygen atoms in total. The minimum Gasteiger partial charge on any atom is -0.352 e. The van der Waals surface area contributed by atoms with Gasteiger partial charge in [0.2, 0.25) is 21.8 Å². The molecule has 2 amide bonds. The maximum Gasteiger partial charge on any atom is 0.243 e. The first-order valence-electron chi connectivity index (χ1n) is 11.3. The van der Waals surface area contributed by atoms with Crippen LogP contribution in [0.2, 0.25) is 5.02 Å². The number of hydrogen-bond donors (Lipinski definition) is 1. The standard InChI is InChI=1S/C24H28ClN3O4S/c25-20-9-11-22(12-10-20)33(31,32)27-13-4-6-19(17-27)24(30)26-16-18-5-3-7-21(15-18)28-14-2-1-8-23(28)29/h3,5,7,9-12,15,19H,1-2,4,6,8,13-14,16-17H2,(H,26,30). The van der Waals surface area contributed by atoms with E-state index in [4.69, 9.17) is 11.6 Å². The smallest absolute Gasteiger partial charge is 0.243 e. The van der Waals surface area contributed by atoms with Crippen molar-refractivity contribution in [3.63, 3.8) is 0 Å². The molecule has 2 aliphatic rings. The summed E-state index contributed by atoms with van der Waals surface area (Å²) in [7, 11) is -3.68. The molecule has 2 aromatic rings. The summed E-state index contributed by atoms with van der Waals surface area (Å²) < 4.78 is 27.3. The number of benzene rings is 2. The number of anilines is 1. The third kappa shape index (κ3) is 5.57. The summed E-state index contributed by atoms with van der Waals surface area (Å²) in [6, 6.07) is 13.7. The fourth-order valence-electron chi connectivity index (χ4n) is 4.38. The van der Waals surface area contributed by atoms with Gasteiger partial charge in [0.05, 0.1) is 10.8 Å². The van der Waals surface area contributed by atoms with Crippen molar-refractivity contribution in [1.82, 2.24) is 9.62 Å². The van der Waals surface area contributed by atoms with E-state index in [2.05, 4.69) is 5.32 Å². The summed E-state index contributed by atoms with van der Waals surface area (Å²) in [5.74, 6) is -0.440. The number of rotatable bonds is 6. The molecule has 1 unspecified atom stereocenters. The molecular weight excluding hydrogens is 462 g/mol. The molecule has 4 rings (SSSR count). The van der Waals surface area contributed by atoms with Crippen molar-refractivity contribution < 1.29 is 18.0 Å². The molecule has 2 heterocycles. The maximum absolute atomic E-state index is 13.0. The largest absolute Gasteiger partial charge is 0.352 e. The minimum absolute atomic E-state index is 0.131. The monoisotopic (exact) mass is 489 g/mol. The highest BCUT2D eigenvalue weighted by molar-refractivity contribution is 7.89. The number of carbonyl (C=O) groups excluding carboxylic acids is 2. The number of amides is 2. The van der Waals surface area contributed by atoms with Crippen LogP contribution in [0.3, 0.4) is 0 Å². The van der Waals surface area contributed by atoms with Gasteiger partial charge < -0.3 is 10.2 Å². The summed E-state index contributed by atoms with van der Waals surface area (Å²) in [5, 5.41) is 3.42. The molecule has 9 heteroatoms. The lowest BCUT2D eigenvalue weighted by molar-refractivity contribution is -0.126. The topological polar surface area (TPSA) is 86.8 Å². The van der Waals surface area contributed by atoms with E-state index >= 15 is 0 Å². The van der Waals surface area contributed by atoms with Crippen molar-refractivity contribution in [3.05, 3.63) is 59.1 Å². The Bertz CT molecular complexity index is 1120. The van der Waals surface area contributed by atoms with Crippen molar-refractivity contribution in [2.24, 2.45) is 5.92 Å². The number of nitrogens with zero attached hydrogens (tertiary/aromatic N) is 2. The highest BCUT2D eigenvalue weighted by atomic mass is 35.5. The van der Waals surface area contributed by atoms with Crippen LogP contribution in [0, 0.1) is 5.92 Å². The van der Waals surface area contributed by atoms with Crippen LogP contribution in [0.25, 0.3) is 0 Å². The first-order chi connectivity index (χ1) is 15.8. The van der Waals surface area contributed by atoms with Crippen LogP contribution in [0.4, 0.5) is 5.69 Å². The lowest BCUT2D eigenvalue weighted by atomic mass is 9.98. The molecule has 0 spiro atoms. The highest BCUT2D eigenvalue weighted by Gasteiger charge is 2.33. The molecule has 0 aromatic heterocycles. The number of nitrogens with one attached hydrogen (secondary N) is 1. The SMILES string of the molecule is O=C(NCc1cccc(N2CCCCC2=O)c1)C1CCCN(S(=O)(=O)c2ccc(Cl)cc2)C1. The normalized spacial score (nSPS) is 20.0. The molecule has 33 heavy (non-hydrogen) atoms. The second kappa shape index (κ2) is 10.2. The second-order valence-corrected chi connectivity index (χ2v) is 10.9. The molecule has 2 aromatic carbocycles. The molecule has 0 radical (unpaired) electrons. The quantitative estimate of drug-likeness (QED) is 0.672. The Balaban J connectivity index is 1.37. The van der Waals surface area contributed by atoms with Gasteiger partial charge in [0, 0.05) is 43.3 Å². The van der Waals surface area contributed by atoms with Crippen molar-refractivity contribution in [3.8, 4) is 0 Å². The molecule has 0 saturated carbocycles. The van der Waals surface area contributed by atoms with E-state index < -0.39 is 15.9 Å². The number of halogens is 1. The van der Waals surface area contributed by atoms with Gasteiger partial charge in [-0.1, -0.05) is 23.7 Å². The van der Waals surface area contributed by atoms with E-state index in [0.717, 1.165) is 24.1 Å². The van der Waals surface area contributed by atoms with Crippen molar-refractivity contribution in [2.45, 2.75) is 43.5 Å². The Morgan fingerprint density at radius 3 is 2.61 bits per heavy atom. The molecular formula is C24H28ClN3O4S. The zero-order chi connectivity index (χ0) is 23.4. The van der Waals surface area contributed by atoms with Gasteiger partial charge in [0.25, 0.3) is 0 Å². The van der Waals surface area contributed by atoms with Crippen molar-refractivity contribution in [1.29, 1.82) is 0 Å². The Morgan fingerprint density at radius 2 is 1.85 bits per heavy atom. The lowest BCUT2D eigenvalue weighted by Crippen LogP contribution is -2.45. The maximum atomic E-state index is 13.0. The molecule has 2 saturated heterocycles. The number of carbonyl (C=O) groups is 2. The van der Waals surface area contributed by atoms with E-state index in [-0.39, 0.29) is 23.3 Å². The molecule has 0 bridgehead atoms. The van der Waals surface area contributed by atoms with Crippen LogP contribution < -0.4 is 10.2 Å². The van der Waals surface area contributed by atoms with Crippen molar-refractivity contribution >= 4 is 39.1 Å². The zero-order valence-corrected chi connectivity index (χ0v) is 19.9. The average molecular weight is 490 g/mol. The van der Waals surface area contributed by atoms with Gasteiger partial charge in [0.15, 0.2) is 0 Å². The van der Waals surface area contributed by atoms with E-state index in [1.54, 1.807) is 17.0 Å². The first-order valence-corrected chi connectivity index (χ1v) is 13.1. The third-order valence-electron chi connectivity index (χ3n) is 6.22. The third-order valence-corrected chi connectivity index (χ3v) is 8.35. The van der Waals surface area contributed by atoms with Crippen LogP contribution in [0.15, 0.2) is 53.4 Å². The number of piperidine rings is 2. The fraction of sp³-hybridized carbons (Fsp3) is 0.417. The predicted molar refractivity (Wildman–Crippen MR) is 127 cm³/mol. The number of sulfonamides is 1. The van der Waals surface area contributed by atoms with Gasteiger partial charge in [-0.05, 0) is 67.6 Å². The van der Waals surface area contributed by atoms with Gasteiger partial charge in [0.1, 0.15) is 0 Å². The van der Waals surface area contributed by atoms with E-state index in [1.807, 2.05) is 24.3 Å². The molecule has 1 atom stereocenters. The zero-order valence-electron chi connectivity index (χ0n) is 18.4. The predicted octanol–water partition coefficient (Wildman–Crippen LogP) is 3.57. The fourth-order valence-corrected chi connectivity index (χ4v) is 6.03. The Labute approximate surface area is 199 Å². The molecule has 0 aliphatic carbocycles. The van der Waals surface area contributed by atoms with Crippen LogP contribution in [-0.4, -0.2) is 44.2 Å². The lowest BCUT2D eigenvalue weighted by Gasteiger charge is -2.31.